The number of hydrogen-bond acceptors (Lipinski definition) is 5. The summed E-state index contributed by atoms with van der Waals surface area (Å²) in [5.41, 5.74) is 2.92. The van der Waals surface area contributed by atoms with Crippen LogP contribution in [0.3, 0.4) is 0 Å². The largest absolute Gasteiger partial charge is 0.493 e. The molecule has 3 rings (SSSR count). The van der Waals surface area contributed by atoms with Crippen LogP contribution < -0.4 is 4.74 Å². The van der Waals surface area contributed by atoms with E-state index >= 15 is 0 Å². The van der Waals surface area contributed by atoms with E-state index in [0.29, 0.717) is 29.0 Å². The minimum Gasteiger partial charge on any atom is -0.493 e. The summed E-state index contributed by atoms with van der Waals surface area (Å²) in [7, 11) is 0. The van der Waals surface area contributed by atoms with Gasteiger partial charge in [-0.25, -0.2) is 0 Å². The van der Waals surface area contributed by atoms with Gasteiger partial charge >= 0.3 is 0 Å². The number of amides is 1. The zero-order chi connectivity index (χ0) is 21.7. The summed E-state index contributed by atoms with van der Waals surface area (Å²) in [6.45, 7) is 8.50. The van der Waals surface area contributed by atoms with Gasteiger partial charge in [0.05, 0.1) is 30.2 Å². The average molecular weight is 428 g/mol. The van der Waals surface area contributed by atoms with Crippen LogP contribution in [0.5, 0.6) is 5.75 Å². The van der Waals surface area contributed by atoms with Crippen molar-refractivity contribution >= 4 is 17.5 Å². The Morgan fingerprint density at radius 2 is 1.90 bits per heavy atom. The lowest BCUT2D eigenvalue weighted by Gasteiger charge is -2.25. The number of aromatic nitrogens is 2. The van der Waals surface area contributed by atoms with Crippen LogP contribution in [0.4, 0.5) is 0 Å². The summed E-state index contributed by atoms with van der Waals surface area (Å²) >= 11 is 6.20. The summed E-state index contributed by atoms with van der Waals surface area (Å²) in [4.78, 5) is 14.5. The van der Waals surface area contributed by atoms with Crippen molar-refractivity contribution in [2.45, 2.75) is 46.7 Å². The SMILES string of the molecule is Cc1cccc(OCCC(=O)N(Cc2nnc(-c3ccccc3Cl)o2)C(C)C)c1C. The zero-order valence-corrected chi connectivity index (χ0v) is 18.4. The van der Waals surface area contributed by atoms with Gasteiger partial charge in [-0.2, -0.15) is 0 Å². The topological polar surface area (TPSA) is 68.5 Å². The molecule has 0 fully saturated rings. The minimum absolute atomic E-state index is 0.0196. The highest BCUT2D eigenvalue weighted by Gasteiger charge is 2.21. The summed E-state index contributed by atoms with van der Waals surface area (Å²) in [5.74, 6) is 1.47. The van der Waals surface area contributed by atoms with E-state index in [1.54, 1.807) is 11.0 Å². The van der Waals surface area contributed by atoms with Gasteiger partial charge in [0.2, 0.25) is 17.7 Å². The van der Waals surface area contributed by atoms with Crippen molar-refractivity contribution in [2.24, 2.45) is 0 Å². The lowest BCUT2D eigenvalue weighted by Crippen LogP contribution is -2.37. The fourth-order valence-electron chi connectivity index (χ4n) is 3.04. The lowest BCUT2D eigenvalue weighted by atomic mass is 10.1. The number of carbonyl (C=O) groups is 1. The summed E-state index contributed by atoms with van der Waals surface area (Å²) in [6.07, 6.45) is 0.261. The Hall–Kier alpha value is -2.86. The van der Waals surface area contributed by atoms with Crippen molar-refractivity contribution < 1.29 is 13.9 Å². The van der Waals surface area contributed by atoms with Crippen LogP contribution in [0, 0.1) is 13.8 Å². The van der Waals surface area contributed by atoms with Gasteiger partial charge in [0.25, 0.3) is 0 Å². The minimum atomic E-state index is -0.0344. The van der Waals surface area contributed by atoms with E-state index in [2.05, 4.69) is 10.2 Å². The Balaban J connectivity index is 1.62. The van der Waals surface area contributed by atoms with E-state index in [0.717, 1.165) is 16.9 Å². The van der Waals surface area contributed by atoms with Crippen LogP contribution in [-0.2, 0) is 11.3 Å². The third-order valence-electron chi connectivity index (χ3n) is 4.95. The van der Waals surface area contributed by atoms with Crippen molar-refractivity contribution in [3.8, 4) is 17.2 Å². The van der Waals surface area contributed by atoms with Gasteiger partial charge in [0, 0.05) is 6.04 Å². The average Bonchev–Trinajstić information content (AvgIpc) is 3.18. The molecule has 0 saturated heterocycles. The van der Waals surface area contributed by atoms with Gasteiger partial charge in [-0.1, -0.05) is 35.9 Å². The molecule has 0 saturated carbocycles. The molecule has 6 nitrogen and oxygen atoms in total. The molecule has 2 aromatic carbocycles. The molecule has 1 aromatic heterocycles. The van der Waals surface area contributed by atoms with Gasteiger partial charge in [0.15, 0.2) is 0 Å². The van der Waals surface area contributed by atoms with Crippen LogP contribution in [0.2, 0.25) is 5.02 Å². The number of aryl methyl sites for hydroxylation is 1. The quantitative estimate of drug-likeness (QED) is 0.493. The third kappa shape index (κ3) is 5.19. The predicted molar refractivity (Wildman–Crippen MR) is 116 cm³/mol. The molecule has 0 unspecified atom stereocenters. The highest BCUT2D eigenvalue weighted by Crippen LogP contribution is 2.26. The maximum atomic E-state index is 12.8. The molecule has 1 heterocycles. The number of ether oxygens (including phenoxy) is 1. The second-order valence-electron chi connectivity index (χ2n) is 7.39. The first kappa shape index (κ1) is 21.8. The molecule has 0 atom stereocenters. The molecule has 3 aromatic rings. The molecule has 30 heavy (non-hydrogen) atoms. The van der Waals surface area contributed by atoms with Crippen LogP contribution >= 0.6 is 11.6 Å². The number of hydrogen-bond donors (Lipinski definition) is 0. The van der Waals surface area contributed by atoms with E-state index < -0.39 is 0 Å². The molecule has 0 aliphatic heterocycles. The first-order valence-corrected chi connectivity index (χ1v) is 10.3. The normalized spacial score (nSPS) is 11.0. The third-order valence-corrected chi connectivity index (χ3v) is 5.28. The molecule has 7 heteroatoms. The molecule has 0 bridgehead atoms. The van der Waals surface area contributed by atoms with Crippen molar-refractivity contribution in [2.75, 3.05) is 6.61 Å². The fourth-order valence-corrected chi connectivity index (χ4v) is 3.25. The molecule has 1 amide bonds. The van der Waals surface area contributed by atoms with E-state index in [4.69, 9.17) is 20.8 Å². The zero-order valence-electron chi connectivity index (χ0n) is 17.7. The Morgan fingerprint density at radius 1 is 1.13 bits per heavy atom. The molecule has 158 valence electrons. The van der Waals surface area contributed by atoms with Crippen molar-refractivity contribution in [3.63, 3.8) is 0 Å². The monoisotopic (exact) mass is 427 g/mol. The number of nitrogens with zero attached hydrogens (tertiary/aromatic N) is 3. The number of carbonyl (C=O) groups excluding carboxylic acids is 1. The van der Waals surface area contributed by atoms with Crippen LogP contribution in [0.15, 0.2) is 46.9 Å². The standard InChI is InChI=1S/C23H26ClN3O3/c1-15(2)27(22(28)12-13-29-20-11-7-8-16(3)17(20)4)14-21-25-26-23(30-21)18-9-5-6-10-19(18)24/h5-11,15H,12-14H2,1-4H3. The highest BCUT2D eigenvalue weighted by atomic mass is 35.5. The maximum Gasteiger partial charge on any atom is 0.249 e. The summed E-state index contributed by atoms with van der Waals surface area (Å²) in [6, 6.07) is 13.2. The van der Waals surface area contributed by atoms with E-state index in [9.17, 15) is 4.79 Å². The van der Waals surface area contributed by atoms with Crippen molar-refractivity contribution in [1.82, 2.24) is 15.1 Å². The number of benzene rings is 2. The molecule has 0 aliphatic carbocycles. The van der Waals surface area contributed by atoms with E-state index in [-0.39, 0.29) is 24.9 Å². The lowest BCUT2D eigenvalue weighted by molar-refractivity contribution is -0.134. The molecule has 0 N–H and O–H groups in total. The molecular formula is C23H26ClN3O3. The van der Waals surface area contributed by atoms with Gasteiger partial charge in [0.1, 0.15) is 5.75 Å². The van der Waals surface area contributed by atoms with Crippen molar-refractivity contribution in [1.29, 1.82) is 0 Å². The smallest absolute Gasteiger partial charge is 0.249 e. The first-order valence-electron chi connectivity index (χ1n) is 9.92. The summed E-state index contributed by atoms with van der Waals surface area (Å²) in [5, 5.41) is 8.70. The molecule has 0 spiro atoms. The Labute approximate surface area is 181 Å². The van der Waals surface area contributed by atoms with Crippen LogP contribution in [0.25, 0.3) is 11.5 Å². The first-order chi connectivity index (χ1) is 14.4. The number of halogens is 1. The molecular weight excluding hydrogens is 402 g/mol. The van der Waals surface area contributed by atoms with Crippen molar-refractivity contribution in [3.05, 3.63) is 64.5 Å². The second-order valence-corrected chi connectivity index (χ2v) is 7.80. The second kappa shape index (κ2) is 9.76. The van der Waals surface area contributed by atoms with E-state index in [1.807, 2.05) is 64.1 Å². The number of rotatable bonds is 8. The van der Waals surface area contributed by atoms with E-state index in [1.165, 1.54) is 0 Å². The maximum absolute atomic E-state index is 12.8. The summed E-state index contributed by atoms with van der Waals surface area (Å²) < 4.78 is 11.6. The predicted octanol–water partition coefficient (Wildman–Crippen LogP) is 5.21. The van der Waals surface area contributed by atoms with Gasteiger partial charge < -0.3 is 14.1 Å². The van der Waals surface area contributed by atoms with Crippen LogP contribution in [0.1, 0.15) is 37.3 Å². The Kier molecular flexibility index (Phi) is 7.11. The highest BCUT2D eigenvalue weighted by molar-refractivity contribution is 6.33. The molecule has 0 aliphatic rings. The van der Waals surface area contributed by atoms with Crippen LogP contribution in [-0.4, -0.2) is 33.7 Å². The Morgan fingerprint density at radius 3 is 2.63 bits per heavy atom. The van der Waals surface area contributed by atoms with Gasteiger partial charge in [-0.3, -0.25) is 4.79 Å². The van der Waals surface area contributed by atoms with Gasteiger partial charge in [-0.15, -0.1) is 10.2 Å². The fraction of sp³-hybridized carbons (Fsp3) is 0.348. The van der Waals surface area contributed by atoms with Gasteiger partial charge in [-0.05, 0) is 57.0 Å². The Bertz CT molecular complexity index is 1020. The molecule has 0 radical (unpaired) electrons.